The van der Waals surface area contributed by atoms with Crippen molar-refractivity contribution in [3.63, 3.8) is 0 Å². The standard InChI is InChI=1S/C20H11Cl2NO2S2/c21-13-4-6-15(7-5-13)23-19(24)18(27-20(23)26)11-16-8-9-17(25-16)12-2-1-3-14(22)10-12/h1-11H. The van der Waals surface area contributed by atoms with Gasteiger partial charge >= 0.3 is 0 Å². The molecular formula is C20H11Cl2NO2S2. The molecule has 0 spiro atoms. The van der Waals surface area contributed by atoms with Crippen molar-refractivity contribution >= 4 is 69.2 Å². The molecule has 134 valence electrons. The van der Waals surface area contributed by atoms with Crippen LogP contribution in [0, 0.1) is 0 Å². The predicted molar refractivity (Wildman–Crippen MR) is 116 cm³/mol. The molecule has 0 radical (unpaired) electrons. The van der Waals surface area contributed by atoms with Crippen molar-refractivity contribution in [1.29, 1.82) is 0 Å². The summed E-state index contributed by atoms with van der Waals surface area (Å²) in [4.78, 5) is 14.8. The van der Waals surface area contributed by atoms with Crippen molar-refractivity contribution in [3.05, 3.63) is 81.4 Å². The highest BCUT2D eigenvalue weighted by Gasteiger charge is 2.33. The van der Waals surface area contributed by atoms with E-state index in [-0.39, 0.29) is 5.91 Å². The molecule has 0 bridgehead atoms. The van der Waals surface area contributed by atoms with Crippen LogP contribution in [0.4, 0.5) is 5.69 Å². The zero-order valence-corrected chi connectivity index (χ0v) is 16.8. The number of carbonyl (C=O) groups is 1. The molecule has 1 saturated heterocycles. The van der Waals surface area contributed by atoms with Gasteiger partial charge in [0.1, 0.15) is 11.5 Å². The highest BCUT2D eigenvalue weighted by Crippen LogP contribution is 2.37. The number of rotatable bonds is 3. The average molecular weight is 432 g/mol. The number of thioether (sulfide) groups is 1. The van der Waals surface area contributed by atoms with Gasteiger partial charge in [-0.15, -0.1) is 0 Å². The Morgan fingerprint density at radius 1 is 1.00 bits per heavy atom. The lowest BCUT2D eigenvalue weighted by Gasteiger charge is -2.14. The summed E-state index contributed by atoms with van der Waals surface area (Å²) >= 11 is 18.6. The van der Waals surface area contributed by atoms with Crippen molar-refractivity contribution < 1.29 is 9.21 Å². The molecule has 4 rings (SSSR count). The second-order valence-corrected chi connectivity index (χ2v) is 8.25. The summed E-state index contributed by atoms with van der Waals surface area (Å²) < 4.78 is 6.31. The van der Waals surface area contributed by atoms with E-state index in [1.807, 2.05) is 30.3 Å². The van der Waals surface area contributed by atoms with Gasteiger partial charge in [0.15, 0.2) is 4.32 Å². The Labute approximate surface area is 175 Å². The van der Waals surface area contributed by atoms with E-state index < -0.39 is 0 Å². The van der Waals surface area contributed by atoms with Crippen molar-refractivity contribution in [3.8, 4) is 11.3 Å². The number of furan rings is 1. The lowest BCUT2D eigenvalue weighted by atomic mass is 10.2. The van der Waals surface area contributed by atoms with E-state index >= 15 is 0 Å². The molecule has 0 aliphatic carbocycles. The molecule has 1 aliphatic rings. The number of benzene rings is 2. The first kappa shape index (κ1) is 18.3. The van der Waals surface area contributed by atoms with E-state index in [0.717, 1.165) is 5.56 Å². The maximum absolute atomic E-state index is 12.8. The molecule has 3 nitrogen and oxygen atoms in total. The van der Waals surface area contributed by atoms with Gasteiger partial charge in [0.25, 0.3) is 5.91 Å². The molecule has 27 heavy (non-hydrogen) atoms. The zero-order valence-electron chi connectivity index (χ0n) is 13.7. The summed E-state index contributed by atoms with van der Waals surface area (Å²) in [6.07, 6.45) is 1.70. The highest BCUT2D eigenvalue weighted by molar-refractivity contribution is 8.27. The Bertz CT molecular complexity index is 1070. The molecule has 0 atom stereocenters. The van der Waals surface area contributed by atoms with Crippen molar-refractivity contribution in [1.82, 2.24) is 0 Å². The normalized spacial score (nSPS) is 15.8. The monoisotopic (exact) mass is 431 g/mol. The average Bonchev–Trinajstić information content (AvgIpc) is 3.21. The summed E-state index contributed by atoms with van der Waals surface area (Å²) in [6.45, 7) is 0. The molecule has 0 unspecified atom stereocenters. The van der Waals surface area contributed by atoms with Gasteiger partial charge in [-0.05, 0) is 48.5 Å². The van der Waals surface area contributed by atoms with Crippen LogP contribution < -0.4 is 4.90 Å². The molecule has 1 fully saturated rings. The van der Waals surface area contributed by atoms with Crippen LogP contribution in [0.2, 0.25) is 10.0 Å². The number of amides is 1. The fourth-order valence-corrected chi connectivity index (χ4v) is 4.23. The maximum atomic E-state index is 12.8. The van der Waals surface area contributed by atoms with Crippen LogP contribution in [0.15, 0.2) is 70.0 Å². The minimum atomic E-state index is -0.187. The molecule has 0 saturated carbocycles. The third kappa shape index (κ3) is 3.82. The SMILES string of the molecule is O=C1C(=Cc2ccc(-c3cccc(Cl)c3)o2)SC(=S)N1c1ccc(Cl)cc1. The van der Waals surface area contributed by atoms with E-state index in [1.165, 1.54) is 16.7 Å². The first-order valence-electron chi connectivity index (χ1n) is 7.90. The number of nitrogens with zero attached hydrogens (tertiary/aromatic N) is 1. The third-order valence-electron chi connectivity index (χ3n) is 3.89. The molecule has 3 aromatic rings. The summed E-state index contributed by atoms with van der Waals surface area (Å²) in [5.41, 5.74) is 1.56. The van der Waals surface area contributed by atoms with E-state index in [2.05, 4.69) is 0 Å². The largest absolute Gasteiger partial charge is 0.457 e. The van der Waals surface area contributed by atoms with Crippen molar-refractivity contribution in [2.75, 3.05) is 4.90 Å². The second-order valence-electron chi connectivity index (χ2n) is 5.71. The van der Waals surface area contributed by atoms with Gasteiger partial charge in [0.05, 0.1) is 10.6 Å². The minimum absolute atomic E-state index is 0.187. The van der Waals surface area contributed by atoms with Gasteiger partial charge in [0, 0.05) is 21.7 Å². The van der Waals surface area contributed by atoms with Gasteiger partial charge in [-0.2, -0.15) is 0 Å². The first-order chi connectivity index (χ1) is 13.0. The summed E-state index contributed by atoms with van der Waals surface area (Å²) in [6, 6.07) is 18.0. The number of thiocarbonyl (C=S) groups is 1. The molecule has 2 aromatic carbocycles. The fourth-order valence-electron chi connectivity index (χ4n) is 2.64. The fraction of sp³-hybridized carbons (Fsp3) is 0. The van der Waals surface area contributed by atoms with Crippen LogP contribution in [0.1, 0.15) is 5.76 Å². The van der Waals surface area contributed by atoms with Crippen LogP contribution in [-0.4, -0.2) is 10.2 Å². The van der Waals surface area contributed by atoms with Gasteiger partial charge in [-0.25, -0.2) is 0 Å². The predicted octanol–water partition coefficient (Wildman–Crippen LogP) is 6.66. The lowest BCUT2D eigenvalue weighted by Crippen LogP contribution is -2.27. The molecular weight excluding hydrogens is 421 g/mol. The van der Waals surface area contributed by atoms with E-state index in [9.17, 15) is 4.79 Å². The Morgan fingerprint density at radius 2 is 1.78 bits per heavy atom. The van der Waals surface area contributed by atoms with Crippen LogP contribution in [-0.2, 0) is 4.79 Å². The third-order valence-corrected chi connectivity index (χ3v) is 5.68. The van der Waals surface area contributed by atoms with Crippen molar-refractivity contribution in [2.24, 2.45) is 0 Å². The van der Waals surface area contributed by atoms with Gasteiger partial charge in [-0.1, -0.05) is 59.3 Å². The molecule has 2 heterocycles. The number of anilines is 1. The minimum Gasteiger partial charge on any atom is -0.457 e. The summed E-state index contributed by atoms with van der Waals surface area (Å²) in [7, 11) is 0. The number of hydrogen-bond donors (Lipinski definition) is 0. The Hall–Kier alpha value is -2.05. The van der Waals surface area contributed by atoms with Crippen LogP contribution in [0.3, 0.4) is 0 Å². The first-order valence-corrected chi connectivity index (χ1v) is 9.88. The zero-order chi connectivity index (χ0) is 19.0. The molecule has 1 aliphatic heterocycles. The Morgan fingerprint density at radius 3 is 2.52 bits per heavy atom. The number of halogens is 2. The molecule has 7 heteroatoms. The van der Waals surface area contributed by atoms with Gasteiger partial charge in [0.2, 0.25) is 0 Å². The summed E-state index contributed by atoms with van der Waals surface area (Å²) in [5, 5.41) is 1.23. The van der Waals surface area contributed by atoms with Crippen LogP contribution in [0.5, 0.6) is 0 Å². The van der Waals surface area contributed by atoms with E-state index in [4.69, 9.17) is 39.8 Å². The quantitative estimate of drug-likeness (QED) is 0.342. The van der Waals surface area contributed by atoms with Crippen molar-refractivity contribution in [2.45, 2.75) is 0 Å². The van der Waals surface area contributed by atoms with Crippen LogP contribution in [0.25, 0.3) is 17.4 Å². The lowest BCUT2D eigenvalue weighted by molar-refractivity contribution is -0.113. The molecule has 1 amide bonds. The van der Waals surface area contributed by atoms with Gasteiger partial charge in [-0.3, -0.25) is 9.69 Å². The highest BCUT2D eigenvalue weighted by atomic mass is 35.5. The van der Waals surface area contributed by atoms with E-state index in [0.29, 0.717) is 36.5 Å². The van der Waals surface area contributed by atoms with E-state index in [1.54, 1.807) is 36.4 Å². The molecule has 0 N–H and O–H groups in total. The summed E-state index contributed by atoms with van der Waals surface area (Å²) in [5.74, 6) is 1.06. The number of hydrogen-bond acceptors (Lipinski definition) is 4. The topological polar surface area (TPSA) is 33.5 Å². The second kappa shape index (κ2) is 7.52. The van der Waals surface area contributed by atoms with Crippen LogP contribution >= 0.6 is 47.2 Å². The Kier molecular flexibility index (Phi) is 5.10. The van der Waals surface area contributed by atoms with Gasteiger partial charge < -0.3 is 4.42 Å². The maximum Gasteiger partial charge on any atom is 0.270 e. The number of carbonyl (C=O) groups excluding carboxylic acids is 1. The molecule has 1 aromatic heterocycles. The Balaban J connectivity index is 1.61. The smallest absolute Gasteiger partial charge is 0.270 e.